The fourth-order valence-electron chi connectivity index (χ4n) is 4.36. The predicted molar refractivity (Wildman–Crippen MR) is 140 cm³/mol. The first kappa shape index (κ1) is 28.9. The summed E-state index contributed by atoms with van der Waals surface area (Å²) in [4.78, 5) is 41.3. The molecule has 0 aliphatic heterocycles. The highest BCUT2D eigenvalue weighted by Crippen LogP contribution is 2.26. The largest absolute Gasteiger partial charge is 0.444 e. The predicted octanol–water partition coefficient (Wildman–Crippen LogP) is 4.72. The standard InChI is InChI=1S/C28H40N4O4/c1-7-20-12-11-13-21(18-20)24(25(33)30-22-14-9-8-10-15-22)32(17-16-29)26(34)23(19(2)3)31-27(35)36-28(4,5)6/h7,11-13,18-19,22-24H,1,8-10,14-15,17H2,2-6H3,(H,30,33)(H,31,35). The van der Waals surface area contributed by atoms with Crippen LogP contribution >= 0.6 is 0 Å². The maximum atomic E-state index is 13.8. The number of nitrogens with zero attached hydrogens (tertiary/aromatic N) is 2. The van der Waals surface area contributed by atoms with Crippen LogP contribution in [0.3, 0.4) is 0 Å². The third-order valence-electron chi connectivity index (χ3n) is 6.10. The summed E-state index contributed by atoms with van der Waals surface area (Å²) in [5.74, 6) is -1.18. The van der Waals surface area contributed by atoms with Crippen molar-refractivity contribution in [3.63, 3.8) is 0 Å². The molecule has 0 bridgehead atoms. The molecule has 1 aliphatic rings. The zero-order valence-electron chi connectivity index (χ0n) is 22.2. The van der Waals surface area contributed by atoms with Crippen molar-refractivity contribution < 1.29 is 19.1 Å². The van der Waals surface area contributed by atoms with Gasteiger partial charge in [-0.25, -0.2) is 4.79 Å². The third kappa shape index (κ3) is 8.40. The van der Waals surface area contributed by atoms with Gasteiger partial charge >= 0.3 is 6.09 Å². The molecular formula is C28H40N4O4. The van der Waals surface area contributed by atoms with Gasteiger partial charge in [0.25, 0.3) is 0 Å². The van der Waals surface area contributed by atoms with E-state index in [0.717, 1.165) is 37.7 Å². The molecule has 2 N–H and O–H groups in total. The maximum Gasteiger partial charge on any atom is 0.408 e. The average molecular weight is 497 g/mol. The Morgan fingerprint density at radius 2 is 1.89 bits per heavy atom. The van der Waals surface area contributed by atoms with Gasteiger partial charge in [0.05, 0.1) is 6.07 Å². The number of hydrogen-bond acceptors (Lipinski definition) is 5. The maximum absolute atomic E-state index is 13.8. The number of nitrogens with one attached hydrogen (secondary N) is 2. The molecule has 8 heteroatoms. The molecule has 1 aliphatic carbocycles. The van der Waals surface area contributed by atoms with Crippen molar-refractivity contribution in [3.05, 3.63) is 42.0 Å². The highest BCUT2D eigenvalue weighted by atomic mass is 16.6. The summed E-state index contributed by atoms with van der Waals surface area (Å²) in [6, 6.07) is 7.23. The number of nitriles is 1. The first-order chi connectivity index (χ1) is 17.0. The number of amides is 3. The molecule has 0 spiro atoms. The summed E-state index contributed by atoms with van der Waals surface area (Å²) in [6.07, 6.45) is 5.91. The lowest BCUT2D eigenvalue weighted by atomic mass is 9.94. The Morgan fingerprint density at radius 1 is 1.22 bits per heavy atom. The lowest BCUT2D eigenvalue weighted by Crippen LogP contribution is -2.55. The zero-order chi connectivity index (χ0) is 26.9. The second-order valence-electron chi connectivity index (χ2n) is 10.6. The topological polar surface area (TPSA) is 112 Å². The monoisotopic (exact) mass is 496 g/mol. The number of carbonyl (C=O) groups excluding carboxylic acids is 3. The van der Waals surface area contributed by atoms with Gasteiger partial charge in [-0.1, -0.05) is 64.0 Å². The van der Waals surface area contributed by atoms with Crippen LogP contribution in [0.1, 0.15) is 83.9 Å². The molecule has 2 unspecified atom stereocenters. The number of hydrogen-bond donors (Lipinski definition) is 2. The van der Waals surface area contributed by atoms with Crippen LogP contribution < -0.4 is 10.6 Å². The van der Waals surface area contributed by atoms with Crippen molar-refractivity contribution in [2.24, 2.45) is 5.92 Å². The van der Waals surface area contributed by atoms with Gasteiger partial charge in [-0.3, -0.25) is 9.59 Å². The molecule has 1 saturated carbocycles. The summed E-state index contributed by atoms with van der Waals surface area (Å²) < 4.78 is 5.36. The molecule has 1 aromatic rings. The smallest absolute Gasteiger partial charge is 0.408 e. The Kier molecular flexibility index (Phi) is 10.5. The van der Waals surface area contributed by atoms with Crippen LogP contribution in [0.25, 0.3) is 6.08 Å². The Balaban J connectivity index is 2.45. The number of carbonyl (C=O) groups is 3. The van der Waals surface area contributed by atoms with E-state index in [-0.39, 0.29) is 24.4 Å². The first-order valence-corrected chi connectivity index (χ1v) is 12.7. The zero-order valence-corrected chi connectivity index (χ0v) is 22.2. The van der Waals surface area contributed by atoms with E-state index in [1.807, 2.05) is 12.1 Å². The van der Waals surface area contributed by atoms with Crippen LogP contribution in [0, 0.1) is 17.2 Å². The van der Waals surface area contributed by atoms with E-state index in [2.05, 4.69) is 17.2 Å². The number of benzene rings is 1. The summed E-state index contributed by atoms with van der Waals surface area (Å²) in [7, 11) is 0. The minimum Gasteiger partial charge on any atom is -0.444 e. The minimum absolute atomic E-state index is 0.0242. The molecule has 0 heterocycles. The van der Waals surface area contributed by atoms with Crippen LogP contribution in [-0.4, -0.2) is 47.0 Å². The van der Waals surface area contributed by atoms with Crippen LogP contribution in [0.5, 0.6) is 0 Å². The van der Waals surface area contributed by atoms with E-state index in [0.29, 0.717) is 5.56 Å². The molecular weight excluding hydrogens is 456 g/mol. The first-order valence-electron chi connectivity index (χ1n) is 12.7. The SMILES string of the molecule is C=Cc1cccc(C(C(=O)NC2CCCCC2)N(CC#N)C(=O)C(NC(=O)OC(C)(C)C)C(C)C)c1. The van der Waals surface area contributed by atoms with Crippen LogP contribution in [0.4, 0.5) is 4.79 Å². The molecule has 0 aromatic heterocycles. The van der Waals surface area contributed by atoms with Crippen molar-refractivity contribution >= 4 is 24.0 Å². The molecule has 0 saturated heterocycles. The second-order valence-corrected chi connectivity index (χ2v) is 10.6. The van der Waals surface area contributed by atoms with E-state index < -0.39 is 29.7 Å². The van der Waals surface area contributed by atoms with Crippen molar-refractivity contribution in [1.82, 2.24) is 15.5 Å². The van der Waals surface area contributed by atoms with Gasteiger partial charge < -0.3 is 20.3 Å². The molecule has 8 nitrogen and oxygen atoms in total. The summed E-state index contributed by atoms with van der Waals surface area (Å²) in [5, 5.41) is 15.4. The fourth-order valence-corrected chi connectivity index (χ4v) is 4.36. The number of rotatable bonds is 9. The van der Waals surface area contributed by atoms with Gasteiger partial charge in [0.15, 0.2) is 0 Å². The van der Waals surface area contributed by atoms with Crippen molar-refractivity contribution in [2.45, 2.75) is 90.4 Å². The normalized spacial score (nSPS) is 15.8. The van der Waals surface area contributed by atoms with Gasteiger partial charge in [0.2, 0.25) is 11.8 Å². The van der Waals surface area contributed by atoms with Crippen LogP contribution in [0.15, 0.2) is 30.8 Å². The highest BCUT2D eigenvalue weighted by Gasteiger charge is 2.38. The molecule has 196 valence electrons. The van der Waals surface area contributed by atoms with E-state index >= 15 is 0 Å². The van der Waals surface area contributed by atoms with Gasteiger partial charge in [-0.05, 0) is 56.7 Å². The van der Waals surface area contributed by atoms with Crippen LogP contribution in [-0.2, 0) is 14.3 Å². The fraction of sp³-hybridized carbons (Fsp3) is 0.571. The van der Waals surface area contributed by atoms with Gasteiger partial charge in [-0.15, -0.1) is 0 Å². The molecule has 3 amide bonds. The number of alkyl carbamates (subject to hydrolysis) is 1. The molecule has 36 heavy (non-hydrogen) atoms. The summed E-state index contributed by atoms with van der Waals surface area (Å²) >= 11 is 0. The van der Waals surface area contributed by atoms with E-state index in [4.69, 9.17) is 4.74 Å². The number of ether oxygens (including phenoxy) is 1. The Labute approximate surface area is 215 Å². The quantitative estimate of drug-likeness (QED) is 0.481. The second kappa shape index (κ2) is 13.1. The minimum atomic E-state index is -1.04. The summed E-state index contributed by atoms with van der Waals surface area (Å²) in [5.41, 5.74) is 0.623. The van der Waals surface area contributed by atoms with Crippen LogP contribution in [0.2, 0.25) is 0 Å². The lowest BCUT2D eigenvalue weighted by molar-refractivity contribution is -0.142. The van der Waals surface area contributed by atoms with Crippen molar-refractivity contribution in [3.8, 4) is 6.07 Å². The average Bonchev–Trinajstić information content (AvgIpc) is 2.81. The molecule has 0 radical (unpaired) electrons. The van der Waals surface area contributed by atoms with E-state index in [1.54, 1.807) is 58.9 Å². The third-order valence-corrected chi connectivity index (χ3v) is 6.10. The lowest BCUT2D eigenvalue weighted by Gasteiger charge is -2.35. The molecule has 1 fully saturated rings. The van der Waals surface area contributed by atoms with E-state index in [1.165, 1.54) is 4.90 Å². The van der Waals surface area contributed by atoms with Crippen molar-refractivity contribution in [2.75, 3.05) is 6.54 Å². The molecule has 1 aromatic carbocycles. The van der Waals surface area contributed by atoms with Gasteiger partial charge in [-0.2, -0.15) is 5.26 Å². The highest BCUT2D eigenvalue weighted by molar-refractivity contribution is 5.92. The summed E-state index contributed by atoms with van der Waals surface area (Å²) in [6.45, 7) is 12.3. The van der Waals surface area contributed by atoms with E-state index in [9.17, 15) is 19.6 Å². The Bertz CT molecular complexity index is 970. The molecule has 2 rings (SSSR count). The van der Waals surface area contributed by atoms with Crippen molar-refractivity contribution in [1.29, 1.82) is 5.26 Å². The Hall–Kier alpha value is -3.34. The molecule has 2 atom stereocenters. The van der Waals surface area contributed by atoms with Gasteiger partial charge in [0.1, 0.15) is 24.2 Å². The Morgan fingerprint density at radius 3 is 2.44 bits per heavy atom. The van der Waals surface area contributed by atoms with Gasteiger partial charge in [0, 0.05) is 6.04 Å².